The molecule has 0 fully saturated rings. The molecule has 0 aliphatic rings. The Kier molecular flexibility index (Phi) is 2.04. The van der Waals surface area contributed by atoms with Crippen molar-refractivity contribution >= 4 is 38.0 Å². The molecule has 2 N–H and O–H groups in total. The third-order valence-electron chi connectivity index (χ3n) is 3.73. The van der Waals surface area contributed by atoms with Crippen molar-refractivity contribution < 1.29 is 0 Å². The summed E-state index contributed by atoms with van der Waals surface area (Å²) in [6.07, 6.45) is 0. The first-order valence-electron chi connectivity index (χ1n) is 6.42. The number of anilines is 1. The molecular weight excluding hydrogens is 230 g/mol. The van der Waals surface area contributed by atoms with E-state index in [4.69, 9.17) is 5.73 Å². The Bertz CT molecular complexity index is 922. The van der Waals surface area contributed by atoms with Crippen LogP contribution in [0.15, 0.2) is 66.7 Å². The number of nitrogen functional groups attached to an aromatic ring is 1. The highest BCUT2D eigenvalue weighted by molar-refractivity contribution is 6.12. The van der Waals surface area contributed by atoms with E-state index < -0.39 is 0 Å². The summed E-state index contributed by atoms with van der Waals surface area (Å²) in [6, 6.07) is 23.4. The van der Waals surface area contributed by atoms with Crippen LogP contribution in [0.5, 0.6) is 0 Å². The average molecular weight is 243 g/mol. The van der Waals surface area contributed by atoms with Gasteiger partial charge in [0.25, 0.3) is 0 Å². The van der Waals surface area contributed by atoms with Crippen LogP contribution in [-0.2, 0) is 0 Å². The lowest BCUT2D eigenvalue weighted by atomic mass is 9.98. The van der Waals surface area contributed by atoms with Crippen molar-refractivity contribution in [3.8, 4) is 0 Å². The van der Waals surface area contributed by atoms with Gasteiger partial charge in [0, 0.05) is 5.69 Å². The van der Waals surface area contributed by atoms with E-state index in [2.05, 4.69) is 54.6 Å². The van der Waals surface area contributed by atoms with E-state index in [-0.39, 0.29) is 0 Å². The van der Waals surface area contributed by atoms with Crippen molar-refractivity contribution in [1.29, 1.82) is 0 Å². The maximum atomic E-state index is 5.86. The summed E-state index contributed by atoms with van der Waals surface area (Å²) in [5.74, 6) is 0. The van der Waals surface area contributed by atoms with Gasteiger partial charge in [-0.05, 0) is 56.6 Å². The second-order valence-corrected chi connectivity index (χ2v) is 4.97. The van der Waals surface area contributed by atoms with Gasteiger partial charge in [-0.3, -0.25) is 0 Å². The van der Waals surface area contributed by atoms with Crippen molar-refractivity contribution in [2.24, 2.45) is 0 Å². The fourth-order valence-corrected chi connectivity index (χ4v) is 2.77. The van der Waals surface area contributed by atoms with Crippen LogP contribution in [0.3, 0.4) is 0 Å². The van der Waals surface area contributed by atoms with Crippen LogP contribution in [0.1, 0.15) is 0 Å². The quantitative estimate of drug-likeness (QED) is 0.270. The molecule has 0 aliphatic carbocycles. The van der Waals surface area contributed by atoms with E-state index in [0.717, 1.165) is 5.69 Å². The Morgan fingerprint density at radius 2 is 1.21 bits per heavy atom. The molecule has 19 heavy (non-hydrogen) atoms. The molecule has 0 amide bonds. The summed E-state index contributed by atoms with van der Waals surface area (Å²) in [5.41, 5.74) is 6.67. The van der Waals surface area contributed by atoms with E-state index >= 15 is 0 Å². The predicted molar refractivity (Wildman–Crippen MR) is 83.4 cm³/mol. The molecule has 0 atom stereocenters. The van der Waals surface area contributed by atoms with Crippen LogP contribution in [0.25, 0.3) is 32.3 Å². The predicted octanol–water partition coefficient (Wildman–Crippen LogP) is 4.73. The van der Waals surface area contributed by atoms with E-state index in [1.807, 2.05) is 12.1 Å². The summed E-state index contributed by atoms with van der Waals surface area (Å²) < 4.78 is 0. The van der Waals surface area contributed by atoms with E-state index in [1.165, 1.54) is 32.3 Å². The zero-order valence-corrected chi connectivity index (χ0v) is 10.4. The van der Waals surface area contributed by atoms with Crippen molar-refractivity contribution in [3.63, 3.8) is 0 Å². The Hall–Kier alpha value is -2.54. The normalized spacial score (nSPS) is 11.4. The van der Waals surface area contributed by atoms with Crippen molar-refractivity contribution in [2.75, 3.05) is 5.73 Å². The molecule has 90 valence electrons. The molecular formula is C18H13N. The topological polar surface area (TPSA) is 26.0 Å². The highest BCUT2D eigenvalue weighted by Gasteiger charge is 2.02. The minimum absolute atomic E-state index is 0.813. The van der Waals surface area contributed by atoms with Crippen LogP contribution in [-0.4, -0.2) is 0 Å². The fraction of sp³-hybridized carbons (Fsp3) is 0. The lowest BCUT2D eigenvalue weighted by Crippen LogP contribution is -1.85. The molecule has 0 radical (unpaired) electrons. The van der Waals surface area contributed by atoms with Crippen LogP contribution in [0, 0.1) is 0 Å². The molecule has 1 nitrogen and oxygen atoms in total. The first-order valence-corrected chi connectivity index (χ1v) is 6.42. The number of hydrogen-bond acceptors (Lipinski definition) is 1. The zero-order chi connectivity index (χ0) is 12.8. The summed E-state index contributed by atoms with van der Waals surface area (Å²) in [7, 11) is 0. The van der Waals surface area contributed by atoms with Gasteiger partial charge >= 0.3 is 0 Å². The number of rotatable bonds is 0. The van der Waals surface area contributed by atoms with Crippen LogP contribution in [0.4, 0.5) is 5.69 Å². The van der Waals surface area contributed by atoms with Crippen LogP contribution < -0.4 is 5.73 Å². The minimum Gasteiger partial charge on any atom is -0.399 e. The highest BCUT2D eigenvalue weighted by Crippen LogP contribution is 2.30. The second kappa shape index (κ2) is 3.72. The van der Waals surface area contributed by atoms with E-state index in [9.17, 15) is 0 Å². The fourth-order valence-electron chi connectivity index (χ4n) is 2.77. The van der Waals surface area contributed by atoms with Gasteiger partial charge in [0.1, 0.15) is 0 Å². The molecule has 0 aliphatic heterocycles. The van der Waals surface area contributed by atoms with Gasteiger partial charge in [-0.1, -0.05) is 42.5 Å². The Morgan fingerprint density at radius 1 is 0.526 bits per heavy atom. The van der Waals surface area contributed by atoms with Crippen LogP contribution >= 0.6 is 0 Å². The number of benzene rings is 4. The summed E-state index contributed by atoms with van der Waals surface area (Å²) in [4.78, 5) is 0. The maximum Gasteiger partial charge on any atom is 0.0320 e. The molecule has 0 saturated heterocycles. The minimum atomic E-state index is 0.813. The Balaban J connectivity index is 2.22. The Morgan fingerprint density at radius 3 is 2.00 bits per heavy atom. The van der Waals surface area contributed by atoms with E-state index in [1.54, 1.807) is 0 Å². The Labute approximate surface area is 111 Å². The van der Waals surface area contributed by atoms with Gasteiger partial charge < -0.3 is 5.73 Å². The first kappa shape index (κ1) is 10.4. The van der Waals surface area contributed by atoms with E-state index in [0.29, 0.717) is 0 Å². The molecule has 0 aromatic heterocycles. The summed E-state index contributed by atoms with van der Waals surface area (Å²) in [6.45, 7) is 0. The van der Waals surface area contributed by atoms with Crippen molar-refractivity contribution in [2.45, 2.75) is 0 Å². The second-order valence-electron chi connectivity index (χ2n) is 4.97. The van der Waals surface area contributed by atoms with Gasteiger partial charge in [0.15, 0.2) is 0 Å². The number of hydrogen-bond donors (Lipinski definition) is 1. The van der Waals surface area contributed by atoms with Gasteiger partial charge in [0.05, 0.1) is 0 Å². The molecule has 0 unspecified atom stereocenters. The lowest BCUT2D eigenvalue weighted by molar-refractivity contribution is 1.75. The summed E-state index contributed by atoms with van der Waals surface area (Å²) in [5, 5.41) is 7.58. The molecule has 0 heterocycles. The number of fused-ring (bicyclic) bond motifs is 4. The molecule has 0 bridgehead atoms. The average Bonchev–Trinajstić information content (AvgIpc) is 2.44. The third kappa shape index (κ3) is 1.55. The zero-order valence-electron chi connectivity index (χ0n) is 10.4. The van der Waals surface area contributed by atoms with Gasteiger partial charge in [-0.15, -0.1) is 0 Å². The lowest BCUT2D eigenvalue weighted by Gasteiger charge is -2.07. The maximum absolute atomic E-state index is 5.86. The van der Waals surface area contributed by atoms with Crippen LogP contribution in [0.2, 0.25) is 0 Å². The molecule has 4 aromatic carbocycles. The SMILES string of the molecule is Nc1ccc2c(ccc3cc4ccccc4cc32)c1. The monoisotopic (exact) mass is 243 g/mol. The largest absolute Gasteiger partial charge is 0.399 e. The van der Waals surface area contributed by atoms with Gasteiger partial charge in [-0.2, -0.15) is 0 Å². The molecule has 4 rings (SSSR count). The molecule has 4 aromatic rings. The highest BCUT2D eigenvalue weighted by atomic mass is 14.5. The standard InChI is InChI=1S/C18H13N/c19-16-7-8-17-15(10-16)6-5-14-9-12-3-1-2-4-13(12)11-18(14)17/h1-11H,19H2. The third-order valence-corrected chi connectivity index (χ3v) is 3.73. The first-order chi connectivity index (χ1) is 9.31. The molecule has 0 saturated carbocycles. The summed E-state index contributed by atoms with van der Waals surface area (Å²) >= 11 is 0. The van der Waals surface area contributed by atoms with Crippen molar-refractivity contribution in [3.05, 3.63) is 66.7 Å². The van der Waals surface area contributed by atoms with Crippen molar-refractivity contribution in [1.82, 2.24) is 0 Å². The molecule has 0 spiro atoms. The number of nitrogens with two attached hydrogens (primary N) is 1. The van der Waals surface area contributed by atoms with Gasteiger partial charge in [-0.25, -0.2) is 0 Å². The molecule has 1 heteroatoms. The van der Waals surface area contributed by atoms with Gasteiger partial charge in [0.2, 0.25) is 0 Å². The smallest absolute Gasteiger partial charge is 0.0320 e.